The topological polar surface area (TPSA) is 55.8 Å². The summed E-state index contributed by atoms with van der Waals surface area (Å²) in [6, 6.07) is 0. The molecule has 0 aliphatic carbocycles. The monoisotopic (exact) mass is 213 g/mol. The first-order valence-electron chi connectivity index (χ1n) is 5.70. The van der Waals surface area contributed by atoms with Gasteiger partial charge in [0.15, 0.2) is 0 Å². The van der Waals surface area contributed by atoms with E-state index in [0.29, 0.717) is 13.1 Å². The number of rotatable bonds is 1. The van der Waals surface area contributed by atoms with E-state index in [-0.39, 0.29) is 11.8 Å². The van der Waals surface area contributed by atoms with Gasteiger partial charge in [0.1, 0.15) is 0 Å². The fourth-order valence-electron chi connectivity index (χ4n) is 2.26. The molecule has 0 radical (unpaired) electrons. The molecular formula is C10H19N3O2. The van der Waals surface area contributed by atoms with Crippen LogP contribution in [-0.4, -0.2) is 60.3 Å². The highest BCUT2D eigenvalue weighted by molar-refractivity contribution is 5.79. The maximum atomic E-state index is 12.1. The highest BCUT2D eigenvalue weighted by Gasteiger charge is 2.28. The highest BCUT2D eigenvalue weighted by Crippen LogP contribution is 2.18. The predicted octanol–water partition coefficient (Wildman–Crippen LogP) is -0.481. The number of nitrogens with one attached hydrogen (secondary N) is 1. The second-order valence-corrected chi connectivity index (χ2v) is 4.30. The van der Waals surface area contributed by atoms with E-state index in [1.165, 1.54) is 5.06 Å². The van der Waals surface area contributed by atoms with Crippen molar-refractivity contribution in [2.75, 3.05) is 39.3 Å². The van der Waals surface area contributed by atoms with Gasteiger partial charge in [0.2, 0.25) is 5.91 Å². The second-order valence-electron chi connectivity index (χ2n) is 4.30. The molecule has 86 valence electrons. The summed E-state index contributed by atoms with van der Waals surface area (Å²) in [7, 11) is 0. The third-order valence-electron chi connectivity index (χ3n) is 3.25. The van der Waals surface area contributed by atoms with E-state index in [0.717, 1.165) is 39.0 Å². The lowest BCUT2D eigenvalue weighted by molar-refractivity contribution is -0.145. The molecule has 5 heteroatoms. The van der Waals surface area contributed by atoms with Crippen LogP contribution in [0.4, 0.5) is 0 Å². The van der Waals surface area contributed by atoms with Gasteiger partial charge in [-0.1, -0.05) is 0 Å². The molecule has 0 saturated carbocycles. The Morgan fingerprint density at radius 3 is 2.33 bits per heavy atom. The Kier molecular flexibility index (Phi) is 3.56. The van der Waals surface area contributed by atoms with Crippen molar-refractivity contribution in [3.05, 3.63) is 0 Å². The first-order valence-corrected chi connectivity index (χ1v) is 5.70. The van der Waals surface area contributed by atoms with Crippen molar-refractivity contribution in [2.45, 2.75) is 12.8 Å². The minimum absolute atomic E-state index is 0.131. The normalized spacial score (nSPS) is 25.5. The number of hydrogen-bond donors (Lipinski definition) is 2. The molecule has 2 rings (SSSR count). The van der Waals surface area contributed by atoms with Gasteiger partial charge in [0.25, 0.3) is 0 Å². The fraction of sp³-hybridized carbons (Fsp3) is 0.900. The van der Waals surface area contributed by atoms with Gasteiger partial charge < -0.3 is 15.4 Å². The molecule has 0 aromatic heterocycles. The maximum Gasteiger partial charge on any atom is 0.225 e. The molecule has 0 spiro atoms. The Morgan fingerprint density at radius 1 is 1.13 bits per heavy atom. The molecule has 2 aliphatic heterocycles. The van der Waals surface area contributed by atoms with Crippen molar-refractivity contribution in [3.8, 4) is 0 Å². The first kappa shape index (κ1) is 10.9. The zero-order chi connectivity index (χ0) is 10.7. The van der Waals surface area contributed by atoms with Crippen molar-refractivity contribution >= 4 is 5.91 Å². The van der Waals surface area contributed by atoms with Crippen LogP contribution in [0.5, 0.6) is 0 Å². The largest absolute Gasteiger partial charge is 0.340 e. The van der Waals surface area contributed by atoms with Crippen LogP contribution in [-0.2, 0) is 4.79 Å². The highest BCUT2D eigenvalue weighted by atomic mass is 16.5. The maximum absolute atomic E-state index is 12.1. The van der Waals surface area contributed by atoms with Crippen molar-refractivity contribution in [2.24, 2.45) is 5.92 Å². The van der Waals surface area contributed by atoms with Crippen LogP contribution in [0.15, 0.2) is 0 Å². The Labute approximate surface area is 90.0 Å². The van der Waals surface area contributed by atoms with Gasteiger partial charge in [-0.15, -0.1) is 0 Å². The minimum Gasteiger partial charge on any atom is -0.340 e. The van der Waals surface area contributed by atoms with Crippen LogP contribution in [0.25, 0.3) is 0 Å². The standard InChI is InChI=1S/C10H19N3O2/c14-10(12-7-3-11-4-8-12)9-1-5-13(15)6-2-9/h9,11,15H,1-8H2. The molecule has 0 atom stereocenters. The SMILES string of the molecule is O=C(C1CCN(O)CC1)N1CCNCC1. The first-order chi connectivity index (χ1) is 7.27. The van der Waals surface area contributed by atoms with Crippen LogP contribution in [0.3, 0.4) is 0 Å². The van der Waals surface area contributed by atoms with E-state index in [1.54, 1.807) is 0 Å². The quantitative estimate of drug-likeness (QED) is 0.618. The van der Waals surface area contributed by atoms with E-state index in [4.69, 9.17) is 0 Å². The molecule has 1 amide bonds. The van der Waals surface area contributed by atoms with Gasteiger partial charge in [-0.2, -0.15) is 5.06 Å². The number of nitrogens with zero attached hydrogens (tertiary/aromatic N) is 2. The van der Waals surface area contributed by atoms with Crippen LogP contribution in [0.2, 0.25) is 0 Å². The molecule has 15 heavy (non-hydrogen) atoms. The van der Waals surface area contributed by atoms with E-state index in [9.17, 15) is 10.0 Å². The number of amides is 1. The van der Waals surface area contributed by atoms with Gasteiger partial charge in [0.05, 0.1) is 0 Å². The lowest BCUT2D eigenvalue weighted by atomic mass is 9.96. The molecule has 0 aromatic rings. The van der Waals surface area contributed by atoms with Crippen LogP contribution < -0.4 is 5.32 Å². The molecule has 2 aliphatic rings. The van der Waals surface area contributed by atoms with Gasteiger partial charge in [-0.3, -0.25) is 4.79 Å². The Bertz CT molecular complexity index is 221. The Balaban J connectivity index is 1.84. The van der Waals surface area contributed by atoms with Gasteiger partial charge in [-0.25, -0.2) is 0 Å². The summed E-state index contributed by atoms with van der Waals surface area (Å²) in [5.41, 5.74) is 0. The van der Waals surface area contributed by atoms with Gasteiger partial charge >= 0.3 is 0 Å². The van der Waals surface area contributed by atoms with E-state index < -0.39 is 0 Å². The number of piperidine rings is 1. The van der Waals surface area contributed by atoms with E-state index in [2.05, 4.69) is 5.32 Å². The van der Waals surface area contributed by atoms with Crippen LogP contribution in [0, 0.1) is 5.92 Å². The van der Waals surface area contributed by atoms with Gasteiger partial charge in [-0.05, 0) is 12.8 Å². The van der Waals surface area contributed by atoms with Crippen LogP contribution >= 0.6 is 0 Å². The molecule has 2 N–H and O–H groups in total. The lowest BCUT2D eigenvalue weighted by Gasteiger charge is -2.33. The molecule has 5 nitrogen and oxygen atoms in total. The minimum atomic E-state index is 0.131. The van der Waals surface area contributed by atoms with Gasteiger partial charge in [0, 0.05) is 45.2 Å². The molecular weight excluding hydrogens is 194 g/mol. The zero-order valence-electron chi connectivity index (χ0n) is 8.98. The third kappa shape index (κ3) is 2.68. The zero-order valence-corrected chi connectivity index (χ0v) is 8.98. The average molecular weight is 213 g/mol. The summed E-state index contributed by atoms with van der Waals surface area (Å²) in [6.07, 6.45) is 1.58. The molecule has 2 fully saturated rings. The van der Waals surface area contributed by atoms with Crippen molar-refractivity contribution in [3.63, 3.8) is 0 Å². The smallest absolute Gasteiger partial charge is 0.225 e. The third-order valence-corrected chi connectivity index (χ3v) is 3.25. The summed E-state index contributed by atoms with van der Waals surface area (Å²) < 4.78 is 0. The van der Waals surface area contributed by atoms with E-state index in [1.807, 2.05) is 4.90 Å². The molecule has 2 heterocycles. The molecule has 2 saturated heterocycles. The Hall–Kier alpha value is -0.650. The second kappa shape index (κ2) is 4.92. The average Bonchev–Trinajstić information content (AvgIpc) is 2.30. The lowest BCUT2D eigenvalue weighted by Crippen LogP contribution is -2.49. The number of piperazine rings is 1. The van der Waals surface area contributed by atoms with E-state index >= 15 is 0 Å². The molecule has 0 aromatic carbocycles. The number of hydroxylamine groups is 2. The van der Waals surface area contributed by atoms with Crippen molar-refractivity contribution in [1.29, 1.82) is 0 Å². The summed E-state index contributed by atoms with van der Waals surface area (Å²) in [6.45, 7) is 4.73. The predicted molar refractivity (Wildman–Crippen MR) is 55.5 cm³/mol. The number of hydrogen-bond acceptors (Lipinski definition) is 4. The summed E-state index contributed by atoms with van der Waals surface area (Å²) in [5.74, 6) is 0.413. The van der Waals surface area contributed by atoms with Crippen LogP contribution in [0.1, 0.15) is 12.8 Å². The molecule has 0 bridgehead atoms. The fourth-order valence-corrected chi connectivity index (χ4v) is 2.26. The number of carbonyl (C=O) groups excluding carboxylic acids is 1. The number of carbonyl (C=O) groups is 1. The Morgan fingerprint density at radius 2 is 1.73 bits per heavy atom. The van der Waals surface area contributed by atoms with Crippen molar-refractivity contribution < 1.29 is 10.0 Å². The summed E-state index contributed by atoms with van der Waals surface area (Å²) in [4.78, 5) is 14.0. The summed E-state index contributed by atoms with van der Waals surface area (Å²) in [5, 5.41) is 13.8. The van der Waals surface area contributed by atoms with Crippen molar-refractivity contribution in [1.82, 2.24) is 15.3 Å². The molecule has 0 unspecified atom stereocenters. The summed E-state index contributed by atoms with van der Waals surface area (Å²) >= 11 is 0.